The fraction of sp³-hybridized carbons (Fsp3) is 0.600. The van der Waals surface area contributed by atoms with E-state index >= 15 is 0 Å². The molecule has 6 nitrogen and oxygen atoms in total. The molecule has 1 heterocycles. The lowest BCUT2D eigenvalue weighted by Crippen LogP contribution is -2.27. The van der Waals surface area contributed by atoms with Crippen LogP contribution in [-0.4, -0.2) is 31.8 Å². The fourth-order valence-corrected chi connectivity index (χ4v) is 4.84. The van der Waals surface area contributed by atoms with Gasteiger partial charge in [-0.15, -0.1) is 0 Å². The van der Waals surface area contributed by atoms with E-state index in [-0.39, 0.29) is 5.97 Å². The first-order valence-corrected chi connectivity index (χ1v) is 15.8. The van der Waals surface area contributed by atoms with E-state index in [1.807, 2.05) is 19.1 Å². The van der Waals surface area contributed by atoms with E-state index in [2.05, 4.69) is 13.8 Å². The predicted molar refractivity (Wildman–Crippen MR) is 162 cm³/mol. The molecular formula is C35H50O6. The molecule has 0 N–H and O–H groups in total. The summed E-state index contributed by atoms with van der Waals surface area (Å²) in [6.45, 7) is 8.15. The number of unbranched alkanes of at least 4 members (excludes halogenated alkanes) is 9. The van der Waals surface area contributed by atoms with Crippen LogP contribution >= 0.6 is 0 Å². The SMILES string of the molecule is CCCCCCCCCCCCC1COC(c2ccc(C(=O)Oc3ccc(C(=O)OCC(C)CC)cc3)cc2)OC1. The van der Waals surface area contributed by atoms with Gasteiger partial charge in [0.15, 0.2) is 6.29 Å². The van der Waals surface area contributed by atoms with Crippen LogP contribution in [0, 0.1) is 11.8 Å². The second-order valence-corrected chi connectivity index (χ2v) is 11.5. The minimum absolute atomic E-state index is 0.318. The van der Waals surface area contributed by atoms with Crippen molar-refractivity contribution in [3.8, 4) is 5.75 Å². The van der Waals surface area contributed by atoms with Crippen LogP contribution < -0.4 is 4.74 Å². The second-order valence-electron chi connectivity index (χ2n) is 11.5. The number of benzene rings is 2. The third kappa shape index (κ3) is 12.0. The van der Waals surface area contributed by atoms with Crippen LogP contribution in [0.25, 0.3) is 0 Å². The van der Waals surface area contributed by atoms with Crippen molar-refractivity contribution in [1.82, 2.24) is 0 Å². The molecule has 0 spiro atoms. The van der Waals surface area contributed by atoms with Gasteiger partial charge in [0, 0.05) is 11.5 Å². The average Bonchev–Trinajstić information content (AvgIpc) is 3.01. The zero-order chi connectivity index (χ0) is 29.3. The van der Waals surface area contributed by atoms with Crippen LogP contribution in [0.2, 0.25) is 0 Å². The lowest BCUT2D eigenvalue weighted by Gasteiger charge is -2.29. The van der Waals surface area contributed by atoms with Gasteiger partial charge in [0.25, 0.3) is 0 Å². The monoisotopic (exact) mass is 566 g/mol. The Morgan fingerprint density at radius 1 is 0.756 bits per heavy atom. The Labute approximate surface area is 247 Å². The summed E-state index contributed by atoms with van der Waals surface area (Å²) >= 11 is 0. The summed E-state index contributed by atoms with van der Waals surface area (Å²) in [5.41, 5.74) is 1.75. The molecule has 0 saturated carbocycles. The molecule has 1 saturated heterocycles. The molecule has 41 heavy (non-hydrogen) atoms. The van der Waals surface area contributed by atoms with E-state index < -0.39 is 12.3 Å². The van der Waals surface area contributed by atoms with E-state index in [1.54, 1.807) is 36.4 Å². The molecule has 2 aromatic carbocycles. The summed E-state index contributed by atoms with van der Waals surface area (Å²) in [4.78, 5) is 24.8. The highest BCUT2D eigenvalue weighted by Gasteiger charge is 2.23. The molecule has 1 aliphatic rings. The number of hydrogen-bond donors (Lipinski definition) is 0. The van der Waals surface area contributed by atoms with Crippen molar-refractivity contribution in [3.63, 3.8) is 0 Å². The number of ether oxygens (including phenoxy) is 4. The van der Waals surface area contributed by atoms with Crippen molar-refractivity contribution < 1.29 is 28.5 Å². The first-order valence-electron chi connectivity index (χ1n) is 15.8. The Balaban J connectivity index is 1.32. The quantitative estimate of drug-likeness (QED) is 0.102. The third-order valence-corrected chi connectivity index (χ3v) is 7.85. The summed E-state index contributed by atoms with van der Waals surface area (Å²) in [5.74, 6) is 0.285. The number of carbonyl (C=O) groups excluding carboxylic acids is 2. The van der Waals surface area contributed by atoms with Gasteiger partial charge in [-0.25, -0.2) is 9.59 Å². The standard InChI is InChI=1S/C35H50O6/c1-4-6-7-8-9-10-11-12-13-14-15-28-25-39-35(40-26-28)31-18-16-30(17-19-31)34(37)41-32-22-20-29(21-23-32)33(36)38-24-27(3)5-2/h16-23,27-28,35H,4-15,24-26H2,1-3H3. The molecule has 226 valence electrons. The summed E-state index contributed by atoms with van der Waals surface area (Å²) in [5, 5.41) is 0. The Hall–Kier alpha value is -2.70. The molecule has 0 amide bonds. The summed E-state index contributed by atoms with van der Waals surface area (Å²) < 4.78 is 22.8. The zero-order valence-corrected chi connectivity index (χ0v) is 25.4. The van der Waals surface area contributed by atoms with Crippen LogP contribution in [0.4, 0.5) is 0 Å². The smallest absolute Gasteiger partial charge is 0.343 e. The van der Waals surface area contributed by atoms with Gasteiger partial charge in [-0.05, 0) is 48.7 Å². The van der Waals surface area contributed by atoms with Gasteiger partial charge in [0.1, 0.15) is 5.75 Å². The van der Waals surface area contributed by atoms with E-state index in [4.69, 9.17) is 18.9 Å². The molecule has 2 aromatic rings. The Morgan fingerprint density at radius 2 is 1.29 bits per heavy atom. The zero-order valence-electron chi connectivity index (χ0n) is 25.4. The van der Waals surface area contributed by atoms with E-state index in [1.165, 1.54) is 64.2 Å². The van der Waals surface area contributed by atoms with E-state index in [0.29, 0.717) is 48.5 Å². The predicted octanol–water partition coefficient (Wildman–Crippen LogP) is 9.08. The Morgan fingerprint density at radius 3 is 1.88 bits per heavy atom. The molecular weight excluding hydrogens is 516 g/mol. The number of carbonyl (C=O) groups is 2. The summed E-state index contributed by atoms with van der Waals surface area (Å²) in [6, 6.07) is 13.5. The second kappa shape index (κ2) is 18.7. The molecule has 1 aliphatic heterocycles. The van der Waals surface area contributed by atoms with Crippen LogP contribution in [0.3, 0.4) is 0 Å². The van der Waals surface area contributed by atoms with Gasteiger partial charge in [0.05, 0.1) is 30.9 Å². The fourth-order valence-electron chi connectivity index (χ4n) is 4.84. The topological polar surface area (TPSA) is 71.1 Å². The highest BCUT2D eigenvalue weighted by Crippen LogP contribution is 2.28. The van der Waals surface area contributed by atoms with Gasteiger partial charge >= 0.3 is 11.9 Å². The van der Waals surface area contributed by atoms with E-state index in [9.17, 15) is 9.59 Å². The van der Waals surface area contributed by atoms with Crippen molar-refractivity contribution in [3.05, 3.63) is 65.2 Å². The molecule has 0 bridgehead atoms. The Bertz CT molecular complexity index is 1010. The molecule has 1 unspecified atom stereocenters. The normalized spacial score (nSPS) is 17.6. The molecule has 0 radical (unpaired) electrons. The first-order chi connectivity index (χ1) is 20.0. The molecule has 6 heteroatoms. The van der Waals surface area contributed by atoms with E-state index in [0.717, 1.165) is 18.4 Å². The van der Waals surface area contributed by atoms with Gasteiger partial charge in [-0.2, -0.15) is 0 Å². The Kier molecular flexibility index (Phi) is 14.9. The average molecular weight is 567 g/mol. The molecule has 1 atom stereocenters. The van der Waals surface area contributed by atoms with Crippen molar-refractivity contribution >= 4 is 11.9 Å². The lowest BCUT2D eigenvalue weighted by atomic mass is 10.00. The van der Waals surface area contributed by atoms with Crippen molar-refractivity contribution in [2.75, 3.05) is 19.8 Å². The molecule has 0 aliphatic carbocycles. The first kappa shape index (κ1) is 32.8. The third-order valence-electron chi connectivity index (χ3n) is 7.85. The highest BCUT2D eigenvalue weighted by atomic mass is 16.7. The minimum Gasteiger partial charge on any atom is -0.462 e. The molecule has 1 fully saturated rings. The number of esters is 2. The lowest BCUT2D eigenvalue weighted by molar-refractivity contribution is -0.206. The van der Waals surface area contributed by atoms with Crippen LogP contribution in [0.15, 0.2) is 48.5 Å². The molecule has 3 rings (SSSR count). The maximum atomic E-state index is 12.6. The van der Waals surface area contributed by atoms with Crippen molar-refractivity contribution in [2.24, 2.45) is 11.8 Å². The highest BCUT2D eigenvalue weighted by molar-refractivity contribution is 5.92. The largest absolute Gasteiger partial charge is 0.462 e. The maximum absolute atomic E-state index is 12.6. The van der Waals surface area contributed by atoms with Crippen LogP contribution in [0.5, 0.6) is 5.75 Å². The maximum Gasteiger partial charge on any atom is 0.343 e. The van der Waals surface area contributed by atoms with Gasteiger partial charge < -0.3 is 18.9 Å². The van der Waals surface area contributed by atoms with Gasteiger partial charge in [0.2, 0.25) is 0 Å². The summed E-state index contributed by atoms with van der Waals surface area (Å²) in [7, 11) is 0. The minimum atomic E-state index is -0.467. The number of hydrogen-bond acceptors (Lipinski definition) is 6. The van der Waals surface area contributed by atoms with Gasteiger partial charge in [-0.3, -0.25) is 0 Å². The van der Waals surface area contributed by atoms with Gasteiger partial charge in [-0.1, -0.05) is 104 Å². The van der Waals surface area contributed by atoms with Crippen LogP contribution in [-0.2, 0) is 14.2 Å². The van der Waals surface area contributed by atoms with Crippen LogP contribution in [0.1, 0.15) is 130 Å². The van der Waals surface area contributed by atoms with Crippen molar-refractivity contribution in [2.45, 2.75) is 104 Å². The molecule has 0 aromatic heterocycles. The summed E-state index contributed by atoms with van der Waals surface area (Å²) in [6.07, 6.45) is 15.2. The van der Waals surface area contributed by atoms with Crippen molar-refractivity contribution in [1.29, 1.82) is 0 Å². The number of rotatable bonds is 18.